The minimum absolute atomic E-state index is 0.0556. The lowest BCUT2D eigenvalue weighted by Gasteiger charge is -2.12. The van der Waals surface area contributed by atoms with Gasteiger partial charge in [0, 0.05) is 30.0 Å². The maximum absolute atomic E-state index is 12.6. The summed E-state index contributed by atoms with van der Waals surface area (Å²) in [5.41, 5.74) is 2.70. The quantitative estimate of drug-likeness (QED) is 0.460. The first-order valence-electron chi connectivity index (χ1n) is 9.30. The summed E-state index contributed by atoms with van der Waals surface area (Å²) in [6, 6.07) is 12.5. The number of aromatic nitrogens is 4. The van der Waals surface area contributed by atoms with Crippen molar-refractivity contribution in [3.63, 3.8) is 0 Å². The average Bonchev–Trinajstić information content (AvgIpc) is 3.16. The van der Waals surface area contributed by atoms with E-state index in [1.165, 1.54) is 12.1 Å². The van der Waals surface area contributed by atoms with Crippen LogP contribution in [0.1, 0.15) is 11.3 Å². The van der Waals surface area contributed by atoms with Crippen LogP contribution in [0.5, 0.6) is 0 Å². The minimum atomic E-state index is -3.79. The molecule has 0 aliphatic carbocycles. The van der Waals surface area contributed by atoms with Crippen molar-refractivity contribution in [2.75, 3.05) is 20.3 Å². The van der Waals surface area contributed by atoms with Crippen molar-refractivity contribution in [2.45, 2.75) is 18.4 Å². The van der Waals surface area contributed by atoms with Crippen LogP contribution in [-0.4, -0.2) is 53.6 Å². The van der Waals surface area contributed by atoms with Crippen LogP contribution >= 0.6 is 0 Å². The molecule has 10 heteroatoms. The van der Waals surface area contributed by atoms with Gasteiger partial charge < -0.3 is 9.84 Å². The number of hydrogen-bond acceptors (Lipinski definition) is 7. The van der Waals surface area contributed by atoms with Crippen LogP contribution in [0.3, 0.4) is 0 Å². The van der Waals surface area contributed by atoms with Gasteiger partial charge in [0.1, 0.15) is 0 Å². The van der Waals surface area contributed by atoms with Gasteiger partial charge in [-0.25, -0.2) is 13.1 Å². The Morgan fingerprint density at radius 2 is 1.90 bits per heavy atom. The summed E-state index contributed by atoms with van der Waals surface area (Å²) >= 11 is 0. The lowest BCUT2D eigenvalue weighted by atomic mass is 10.1. The number of hydrogen-bond donors (Lipinski definition) is 2. The molecule has 2 aromatic carbocycles. The number of fused-ring (bicyclic) bond motifs is 3. The van der Waals surface area contributed by atoms with Crippen molar-refractivity contribution in [2.24, 2.45) is 0 Å². The second-order valence-corrected chi connectivity index (χ2v) is 8.53. The van der Waals surface area contributed by atoms with E-state index in [9.17, 15) is 8.42 Å². The highest BCUT2D eigenvalue weighted by molar-refractivity contribution is 7.89. The fourth-order valence-electron chi connectivity index (χ4n) is 3.38. The molecule has 4 rings (SSSR count). The molecule has 9 nitrogen and oxygen atoms in total. The lowest BCUT2D eigenvalue weighted by molar-refractivity contribution is 0.185. The van der Waals surface area contributed by atoms with Crippen LogP contribution in [0.4, 0.5) is 0 Å². The van der Waals surface area contributed by atoms with Gasteiger partial charge >= 0.3 is 0 Å². The summed E-state index contributed by atoms with van der Waals surface area (Å²) < 4.78 is 34.4. The molecule has 4 aromatic rings. The van der Waals surface area contributed by atoms with E-state index in [-0.39, 0.29) is 24.7 Å². The first-order valence-corrected chi connectivity index (χ1v) is 10.8. The number of methoxy groups -OCH3 is 1. The van der Waals surface area contributed by atoms with Crippen molar-refractivity contribution in [3.8, 4) is 11.4 Å². The number of rotatable bonds is 7. The van der Waals surface area contributed by atoms with Gasteiger partial charge in [-0.2, -0.15) is 9.61 Å². The number of sulfonamides is 1. The van der Waals surface area contributed by atoms with Gasteiger partial charge in [0.2, 0.25) is 10.0 Å². The number of nitrogens with one attached hydrogen (secondary N) is 1. The van der Waals surface area contributed by atoms with E-state index in [1.807, 2.05) is 31.2 Å². The van der Waals surface area contributed by atoms with E-state index in [0.29, 0.717) is 17.0 Å². The molecule has 0 saturated carbocycles. The summed E-state index contributed by atoms with van der Waals surface area (Å²) in [6.07, 6.45) is 0. The van der Waals surface area contributed by atoms with Crippen LogP contribution in [0.2, 0.25) is 0 Å². The zero-order valence-electron chi connectivity index (χ0n) is 16.5. The molecule has 0 amide bonds. The molecule has 0 aliphatic rings. The van der Waals surface area contributed by atoms with Gasteiger partial charge in [0.05, 0.1) is 23.8 Å². The number of aliphatic hydroxyl groups is 1. The summed E-state index contributed by atoms with van der Waals surface area (Å²) in [4.78, 5) is 0.0556. The monoisotopic (exact) mass is 427 g/mol. The largest absolute Gasteiger partial charge is 0.395 e. The van der Waals surface area contributed by atoms with Crippen molar-refractivity contribution >= 4 is 26.4 Å². The molecular weight excluding hydrogens is 406 g/mol. The van der Waals surface area contributed by atoms with E-state index in [1.54, 1.807) is 17.7 Å². The smallest absolute Gasteiger partial charge is 0.240 e. The summed E-state index contributed by atoms with van der Waals surface area (Å²) in [5.74, 6) is 0.421. The van der Waals surface area contributed by atoms with Crippen molar-refractivity contribution in [3.05, 3.63) is 53.7 Å². The average molecular weight is 427 g/mol. The van der Waals surface area contributed by atoms with Gasteiger partial charge in [0.25, 0.3) is 0 Å². The zero-order chi connectivity index (χ0) is 21.3. The standard InChI is InChI=1S/C20H21N5O4S/c1-13-16-5-3-4-6-17(16)19-22-23-20(25(19)24-13)18-11-15(8-7-14(18)12-29-2)30(27,28)21-9-10-26/h3-8,11,21,26H,9-10,12H2,1-2H3. The first-order chi connectivity index (χ1) is 14.5. The van der Waals surface area contributed by atoms with Gasteiger partial charge in [-0.1, -0.05) is 30.3 Å². The molecule has 2 N–H and O–H groups in total. The molecule has 2 heterocycles. The first kappa shape index (κ1) is 20.4. The van der Waals surface area contributed by atoms with E-state index in [0.717, 1.165) is 22.0 Å². The second kappa shape index (κ2) is 8.07. The van der Waals surface area contributed by atoms with Crippen LogP contribution in [0.25, 0.3) is 27.8 Å². The third kappa shape index (κ3) is 3.54. The normalized spacial score (nSPS) is 12.1. The van der Waals surface area contributed by atoms with E-state index < -0.39 is 10.0 Å². The summed E-state index contributed by atoms with van der Waals surface area (Å²) in [6.45, 7) is 1.81. The summed E-state index contributed by atoms with van der Waals surface area (Å²) in [5, 5.41) is 24.1. The van der Waals surface area contributed by atoms with E-state index in [4.69, 9.17) is 9.84 Å². The highest BCUT2D eigenvalue weighted by Crippen LogP contribution is 2.29. The predicted molar refractivity (Wildman–Crippen MR) is 111 cm³/mol. The van der Waals surface area contributed by atoms with E-state index >= 15 is 0 Å². The van der Waals surface area contributed by atoms with Gasteiger partial charge in [-0.3, -0.25) is 0 Å². The number of benzene rings is 2. The Labute approximate surface area is 173 Å². The number of nitrogens with zero attached hydrogens (tertiary/aromatic N) is 4. The molecule has 0 fully saturated rings. The fraction of sp³-hybridized carbons (Fsp3) is 0.250. The van der Waals surface area contributed by atoms with Gasteiger partial charge in [-0.15, -0.1) is 10.2 Å². The van der Waals surface area contributed by atoms with Crippen molar-refractivity contribution in [1.29, 1.82) is 0 Å². The van der Waals surface area contributed by atoms with Crippen LogP contribution in [0, 0.1) is 6.92 Å². The highest BCUT2D eigenvalue weighted by Gasteiger charge is 2.20. The van der Waals surface area contributed by atoms with Crippen LogP contribution < -0.4 is 4.72 Å². The van der Waals surface area contributed by atoms with Crippen LogP contribution in [-0.2, 0) is 21.4 Å². The molecule has 0 unspecified atom stereocenters. The van der Waals surface area contributed by atoms with Crippen LogP contribution in [0.15, 0.2) is 47.4 Å². The fourth-order valence-corrected chi connectivity index (χ4v) is 4.43. The highest BCUT2D eigenvalue weighted by atomic mass is 32.2. The Morgan fingerprint density at radius 1 is 1.13 bits per heavy atom. The molecule has 0 saturated heterocycles. The maximum Gasteiger partial charge on any atom is 0.240 e. The lowest BCUT2D eigenvalue weighted by Crippen LogP contribution is -2.26. The number of aliphatic hydroxyl groups excluding tert-OH is 1. The molecule has 0 aliphatic heterocycles. The Hall–Kier alpha value is -2.92. The molecule has 0 bridgehead atoms. The third-order valence-corrected chi connectivity index (χ3v) is 6.24. The predicted octanol–water partition coefficient (Wildman–Crippen LogP) is 1.67. The van der Waals surface area contributed by atoms with E-state index in [2.05, 4.69) is 20.0 Å². The minimum Gasteiger partial charge on any atom is -0.395 e. The SMILES string of the molecule is COCc1ccc(S(=O)(=O)NCCO)cc1-c1nnc2c3ccccc3c(C)nn12. The Bertz CT molecular complexity index is 1330. The molecule has 2 aromatic heterocycles. The molecule has 0 spiro atoms. The number of ether oxygens (including phenoxy) is 1. The van der Waals surface area contributed by atoms with Gasteiger partial charge in [0.15, 0.2) is 11.5 Å². The third-order valence-electron chi connectivity index (χ3n) is 4.78. The molecule has 30 heavy (non-hydrogen) atoms. The van der Waals surface area contributed by atoms with Gasteiger partial charge in [-0.05, 0) is 24.6 Å². The van der Waals surface area contributed by atoms with Crippen molar-refractivity contribution in [1.82, 2.24) is 24.5 Å². The van der Waals surface area contributed by atoms with Crippen molar-refractivity contribution < 1.29 is 18.3 Å². The molecule has 0 atom stereocenters. The number of aryl methyl sites for hydroxylation is 1. The summed E-state index contributed by atoms with van der Waals surface area (Å²) in [7, 11) is -2.23. The second-order valence-electron chi connectivity index (χ2n) is 6.76. The topological polar surface area (TPSA) is 119 Å². The molecule has 0 radical (unpaired) electrons. The Balaban J connectivity index is 1.95. The maximum atomic E-state index is 12.6. The Kier molecular flexibility index (Phi) is 5.48. The Morgan fingerprint density at radius 3 is 2.63 bits per heavy atom. The zero-order valence-corrected chi connectivity index (χ0v) is 17.3. The molecule has 156 valence electrons. The molecular formula is C20H21N5O4S.